The summed E-state index contributed by atoms with van der Waals surface area (Å²) in [6, 6.07) is 17.2. The van der Waals surface area contributed by atoms with Gasteiger partial charge < -0.3 is 5.32 Å². The standard InChI is InChI=1S/C16H14BrN5OS/c17-12-5-4-6-13(9-12)18-16(23)11-24-10-15-19-20-21-22(15)14-7-2-1-3-8-14/h1-9H,10-11H2,(H,18,23). The number of para-hydroxylation sites is 1. The lowest BCUT2D eigenvalue weighted by atomic mass is 10.3. The van der Waals surface area contributed by atoms with Crippen molar-refractivity contribution in [2.75, 3.05) is 11.1 Å². The van der Waals surface area contributed by atoms with E-state index in [0.717, 1.165) is 15.8 Å². The molecule has 0 aliphatic carbocycles. The van der Waals surface area contributed by atoms with Crippen LogP contribution in [0.15, 0.2) is 59.1 Å². The number of carbonyl (C=O) groups is 1. The molecule has 3 rings (SSSR count). The third-order valence-corrected chi connectivity index (χ3v) is 4.53. The monoisotopic (exact) mass is 403 g/mol. The molecule has 8 heteroatoms. The predicted molar refractivity (Wildman–Crippen MR) is 98.1 cm³/mol. The highest BCUT2D eigenvalue weighted by molar-refractivity contribution is 9.10. The number of rotatable bonds is 6. The summed E-state index contributed by atoms with van der Waals surface area (Å²) in [4.78, 5) is 12.0. The molecule has 3 aromatic rings. The number of aromatic nitrogens is 4. The van der Waals surface area contributed by atoms with Gasteiger partial charge in [0.25, 0.3) is 0 Å². The lowest BCUT2D eigenvalue weighted by Gasteiger charge is -2.06. The largest absolute Gasteiger partial charge is 0.325 e. The summed E-state index contributed by atoms with van der Waals surface area (Å²) in [5.74, 6) is 1.53. The highest BCUT2D eigenvalue weighted by Gasteiger charge is 2.09. The van der Waals surface area contributed by atoms with Gasteiger partial charge >= 0.3 is 0 Å². The van der Waals surface area contributed by atoms with E-state index in [2.05, 4.69) is 36.8 Å². The number of hydrogen-bond donors (Lipinski definition) is 1. The average molecular weight is 404 g/mol. The molecule has 0 aliphatic rings. The Morgan fingerprint density at radius 3 is 2.79 bits per heavy atom. The summed E-state index contributed by atoms with van der Waals surface area (Å²) in [6.07, 6.45) is 0. The molecule has 0 saturated heterocycles. The van der Waals surface area contributed by atoms with Crippen molar-refractivity contribution in [3.8, 4) is 5.69 Å². The van der Waals surface area contributed by atoms with Crippen LogP contribution in [0.3, 0.4) is 0 Å². The van der Waals surface area contributed by atoms with Crippen molar-refractivity contribution in [1.29, 1.82) is 0 Å². The van der Waals surface area contributed by atoms with Crippen LogP contribution in [-0.2, 0) is 10.5 Å². The van der Waals surface area contributed by atoms with Crippen molar-refractivity contribution in [1.82, 2.24) is 20.2 Å². The maximum Gasteiger partial charge on any atom is 0.234 e. The number of carbonyl (C=O) groups excluding carboxylic acids is 1. The normalized spacial score (nSPS) is 10.5. The Kier molecular flexibility index (Phi) is 5.60. The quantitative estimate of drug-likeness (QED) is 0.683. The number of anilines is 1. The van der Waals surface area contributed by atoms with E-state index < -0.39 is 0 Å². The van der Waals surface area contributed by atoms with E-state index in [1.54, 1.807) is 4.68 Å². The fraction of sp³-hybridized carbons (Fsp3) is 0.125. The molecular weight excluding hydrogens is 390 g/mol. The van der Waals surface area contributed by atoms with Crippen LogP contribution >= 0.6 is 27.7 Å². The molecule has 24 heavy (non-hydrogen) atoms. The summed E-state index contributed by atoms with van der Waals surface area (Å²) < 4.78 is 2.61. The first-order valence-corrected chi connectivity index (χ1v) is 9.13. The number of benzene rings is 2. The predicted octanol–water partition coefficient (Wildman–Crippen LogP) is 3.30. The molecule has 6 nitrogen and oxygen atoms in total. The number of thioether (sulfide) groups is 1. The number of nitrogens with zero attached hydrogens (tertiary/aromatic N) is 4. The molecule has 122 valence electrons. The zero-order valence-electron chi connectivity index (χ0n) is 12.6. The third-order valence-electron chi connectivity index (χ3n) is 3.11. The number of hydrogen-bond acceptors (Lipinski definition) is 5. The molecule has 0 radical (unpaired) electrons. The first kappa shape index (κ1) is 16.7. The van der Waals surface area contributed by atoms with Crippen LogP contribution in [0, 0.1) is 0 Å². The SMILES string of the molecule is O=C(CSCc1nnnn1-c1ccccc1)Nc1cccc(Br)c1. The van der Waals surface area contributed by atoms with Gasteiger partial charge in [-0.15, -0.1) is 16.9 Å². The molecule has 1 heterocycles. The van der Waals surface area contributed by atoms with Crippen LogP contribution in [0.5, 0.6) is 0 Å². The minimum atomic E-state index is -0.0585. The molecule has 0 atom stereocenters. The summed E-state index contributed by atoms with van der Waals surface area (Å²) in [7, 11) is 0. The van der Waals surface area contributed by atoms with Gasteiger partial charge in [0, 0.05) is 10.2 Å². The van der Waals surface area contributed by atoms with E-state index in [-0.39, 0.29) is 5.91 Å². The van der Waals surface area contributed by atoms with Crippen molar-refractivity contribution >= 4 is 39.3 Å². The molecule has 0 saturated carbocycles. The Balaban J connectivity index is 1.54. The Labute approximate surface area is 151 Å². The van der Waals surface area contributed by atoms with Gasteiger partial charge in [0.15, 0.2) is 5.82 Å². The van der Waals surface area contributed by atoms with E-state index in [1.807, 2.05) is 54.6 Å². The second-order valence-corrected chi connectivity index (χ2v) is 6.80. The molecule has 1 N–H and O–H groups in total. The molecular formula is C16H14BrN5OS. The van der Waals surface area contributed by atoms with Gasteiger partial charge in [0.2, 0.25) is 5.91 Å². The minimum Gasteiger partial charge on any atom is -0.325 e. The third kappa shape index (κ3) is 4.42. The van der Waals surface area contributed by atoms with E-state index >= 15 is 0 Å². The van der Waals surface area contributed by atoms with Crippen LogP contribution in [0.25, 0.3) is 5.69 Å². The van der Waals surface area contributed by atoms with Crippen LogP contribution in [-0.4, -0.2) is 31.9 Å². The molecule has 0 aliphatic heterocycles. The van der Waals surface area contributed by atoms with E-state index in [4.69, 9.17) is 0 Å². The Morgan fingerprint density at radius 1 is 1.17 bits per heavy atom. The van der Waals surface area contributed by atoms with Gasteiger partial charge in [-0.1, -0.05) is 40.2 Å². The van der Waals surface area contributed by atoms with Crippen molar-refractivity contribution in [3.63, 3.8) is 0 Å². The molecule has 2 aromatic carbocycles. The number of tetrazole rings is 1. The minimum absolute atomic E-state index is 0.0585. The molecule has 1 amide bonds. The van der Waals surface area contributed by atoms with Gasteiger partial charge in [-0.2, -0.15) is 4.68 Å². The van der Waals surface area contributed by atoms with Crippen molar-refractivity contribution in [2.45, 2.75) is 5.75 Å². The average Bonchev–Trinajstić information content (AvgIpc) is 3.04. The topological polar surface area (TPSA) is 72.7 Å². The van der Waals surface area contributed by atoms with Crippen LogP contribution in [0.4, 0.5) is 5.69 Å². The smallest absolute Gasteiger partial charge is 0.234 e. The molecule has 0 spiro atoms. The zero-order valence-corrected chi connectivity index (χ0v) is 15.0. The maximum absolute atomic E-state index is 12.0. The zero-order chi connectivity index (χ0) is 16.8. The summed E-state index contributed by atoms with van der Waals surface area (Å²) in [6.45, 7) is 0. The van der Waals surface area contributed by atoms with Crippen LogP contribution in [0.1, 0.15) is 5.82 Å². The maximum atomic E-state index is 12.0. The first-order chi connectivity index (χ1) is 11.7. The Morgan fingerprint density at radius 2 is 2.00 bits per heavy atom. The van der Waals surface area contributed by atoms with Crippen molar-refractivity contribution in [3.05, 3.63) is 64.9 Å². The number of halogens is 1. The molecule has 1 aromatic heterocycles. The van der Waals surface area contributed by atoms with Gasteiger partial charge in [-0.05, 0) is 40.8 Å². The van der Waals surface area contributed by atoms with E-state index in [9.17, 15) is 4.79 Å². The van der Waals surface area contributed by atoms with Gasteiger partial charge in [0.1, 0.15) is 0 Å². The Hall–Kier alpha value is -2.19. The number of amides is 1. The summed E-state index contributed by atoms with van der Waals surface area (Å²) in [5, 5.41) is 14.6. The lowest BCUT2D eigenvalue weighted by Crippen LogP contribution is -2.14. The van der Waals surface area contributed by atoms with E-state index in [0.29, 0.717) is 17.3 Å². The summed E-state index contributed by atoms with van der Waals surface area (Å²) in [5.41, 5.74) is 1.67. The van der Waals surface area contributed by atoms with Crippen LogP contribution in [0.2, 0.25) is 0 Å². The number of nitrogens with one attached hydrogen (secondary N) is 1. The van der Waals surface area contributed by atoms with Gasteiger partial charge in [-0.25, -0.2) is 0 Å². The first-order valence-electron chi connectivity index (χ1n) is 7.18. The lowest BCUT2D eigenvalue weighted by molar-refractivity contribution is -0.113. The van der Waals surface area contributed by atoms with Crippen molar-refractivity contribution in [2.24, 2.45) is 0 Å². The van der Waals surface area contributed by atoms with Crippen molar-refractivity contribution < 1.29 is 4.79 Å². The molecule has 0 fully saturated rings. The highest BCUT2D eigenvalue weighted by Crippen LogP contribution is 2.17. The second-order valence-electron chi connectivity index (χ2n) is 4.89. The van der Waals surface area contributed by atoms with Gasteiger partial charge in [0.05, 0.1) is 17.2 Å². The fourth-order valence-electron chi connectivity index (χ4n) is 2.06. The Bertz CT molecular complexity index is 824. The molecule has 0 bridgehead atoms. The van der Waals surface area contributed by atoms with Gasteiger partial charge in [-0.3, -0.25) is 4.79 Å². The van der Waals surface area contributed by atoms with E-state index in [1.165, 1.54) is 11.8 Å². The second kappa shape index (κ2) is 8.07. The fourth-order valence-corrected chi connectivity index (χ4v) is 3.19. The summed E-state index contributed by atoms with van der Waals surface area (Å²) >= 11 is 4.84. The molecule has 0 unspecified atom stereocenters. The van der Waals surface area contributed by atoms with Crippen LogP contribution < -0.4 is 5.32 Å². The highest BCUT2D eigenvalue weighted by atomic mass is 79.9.